The maximum Gasteiger partial charge on any atom is 0.131 e. The number of halogens is 1. The van der Waals surface area contributed by atoms with Crippen LogP contribution in [-0.4, -0.2) is 43.1 Å². The fourth-order valence-corrected chi connectivity index (χ4v) is 3.22. The third kappa shape index (κ3) is 3.98. The second kappa shape index (κ2) is 7.28. The molecule has 2 fully saturated rings. The van der Waals surface area contributed by atoms with Gasteiger partial charge in [0.05, 0.1) is 19.3 Å². The number of amidine groups is 1. The van der Waals surface area contributed by atoms with Crippen molar-refractivity contribution in [2.24, 2.45) is 4.99 Å². The van der Waals surface area contributed by atoms with Gasteiger partial charge < -0.3 is 9.64 Å². The summed E-state index contributed by atoms with van der Waals surface area (Å²) in [6, 6.07) is 8.55. The Balaban J connectivity index is 1.85. The zero-order valence-electron chi connectivity index (χ0n) is 12.4. The zero-order chi connectivity index (χ0) is 14.5. The summed E-state index contributed by atoms with van der Waals surface area (Å²) in [6.07, 6.45) is 6.43. The van der Waals surface area contributed by atoms with Gasteiger partial charge in [0.25, 0.3) is 0 Å². The van der Waals surface area contributed by atoms with Crippen LogP contribution in [0, 0.1) is 0 Å². The fraction of sp³-hybridized carbons (Fsp3) is 0.588. The Morgan fingerprint density at radius 1 is 1.05 bits per heavy atom. The normalized spacial score (nSPS) is 21.6. The minimum Gasteiger partial charge on any atom is -0.378 e. The lowest BCUT2D eigenvalue weighted by Crippen LogP contribution is -2.41. The van der Waals surface area contributed by atoms with Crippen LogP contribution in [0.15, 0.2) is 29.3 Å². The van der Waals surface area contributed by atoms with E-state index in [-0.39, 0.29) is 0 Å². The SMILES string of the molecule is Clc1ccc(C(=NC2CCCCC2)N2CCOCC2)cc1. The lowest BCUT2D eigenvalue weighted by Gasteiger charge is -2.31. The van der Waals surface area contributed by atoms with Gasteiger partial charge in [-0.25, -0.2) is 0 Å². The number of hydrogen-bond donors (Lipinski definition) is 0. The van der Waals surface area contributed by atoms with Crippen molar-refractivity contribution < 1.29 is 4.74 Å². The van der Waals surface area contributed by atoms with Gasteiger partial charge in [0.2, 0.25) is 0 Å². The number of ether oxygens (including phenoxy) is 1. The molecule has 1 aromatic rings. The maximum atomic E-state index is 6.02. The van der Waals surface area contributed by atoms with Crippen LogP contribution in [0.1, 0.15) is 37.7 Å². The predicted octanol–water partition coefficient (Wildman–Crippen LogP) is 3.75. The van der Waals surface area contributed by atoms with Crippen LogP contribution < -0.4 is 0 Å². The Morgan fingerprint density at radius 2 is 1.71 bits per heavy atom. The van der Waals surface area contributed by atoms with E-state index in [2.05, 4.69) is 17.0 Å². The van der Waals surface area contributed by atoms with Gasteiger partial charge in [0.15, 0.2) is 0 Å². The third-order valence-electron chi connectivity index (χ3n) is 4.29. The van der Waals surface area contributed by atoms with E-state index >= 15 is 0 Å². The first-order valence-electron chi connectivity index (χ1n) is 7.99. The van der Waals surface area contributed by atoms with Crippen LogP contribution in [0.2, 0.25) is 5.02 Å². The minimum atomic E-state index is 0.479. The van der Waals surface area contributed by atoms with Gasteiger partial charge in [0, 0.05) is 23.7 Å². The first kappa shape index (κ1) is 14.9. The van der Waals surface area contributed by atoms with Crippen molar-refractivity contribution in [3.05, 3.63) is 34.9 Å². The monoisotopic (exact) mass is 306 g/mol. The fourth-order valence-electron chi connectivity index (χ4n) is 3.10. The minimum absolute atomic E-state index is 0.479. The van der Waals surface area contributed by atoms with Gasteiger partial charge in [0.1, 0.15) is 5.84 Å². The van der Waals surface area contributed by atoms with Gasteiger partial charge in [-0.15, -0.1) is 0 Å². The molecule has 0 unspecified atom stereocenters. The Bertz CT molecular complexity index is 474. The summed E-state index contributed by atoms with van der Waals surface area (Å²) in [7, 11) is 0. The highest BCUT2D eigenvalue weighted by Crippen LogP contribution is 2.22. The Kier molecular flexibility index (Phi) is 5.15. The summed E-state index contributed by atoms with van der Waals surface area (Å²) in [5.41, 5.74) is 1.17. The van der Waals surface area contributed by atoms with Crippen molar-refractivity contribution in [1.82, 2.24) is 4.90 Å². The average molecular weight is 307 g/mol. The first-order chi connectivity index (χ1) is 10.3. The van der Waals surface area contributed by atoms with Crippen molar-refractivity contribution in [3.63, 3.8) is 0 Å². The van der Waals surface area contributed by atoms with E-state index in [1.807, 2.05) is 12.1 Å². The molecule has 0 aromatic heterocycles. The molecule has 4 heteroatoms. The number of morpholine rings is 1. The van der Waals surface area contributed by atoms with Crippen LogP contribution in [-0.2, 0) is 4.74 Å². The summed E-state index contributed by atoms with van der Waals surface area (Å²) in [5.74, 6) is 1.13. The van der Waals surface area contributed by atoms with E-state index in [9.17, 15) is 0 Å². The van der Waals surface area contributed by atoms with Gasteiger partial charge >= 0.3 is 0 Å². The van der Waals surface area contributed by atoms with Crippen molar-refractivity contribution in [2.75, 3.05) is 26.3 Å². The van der Waals surface area contributed by atoms with Crippen molar-refractivity contribution in [1.29, 1.82) is 0 Å². The molecule has 0 atom stereocenters. The predicted molar refractivity (Wildman–Crippen MR) is 87.3 cm³/mol. The third-order valence-corrected chi connectivity index (χ3v) is 4.54. The molecule has 0 bridgehead atoms. The molecular formula is C17H23ClN2O. The molecular weight excluding hydrogens is 284 g/mol. The van der Waals surface area contributed by atoms with E-state index in [0.717, 1.165) is 37.2 Å². The molecule has 0 spiro atoms. The summed E-state index contributed by atoms with van der Waals surface area (Å²) in [6.45, 7) is 3.43. The molecule has 2 aliphatic rings. The topological polar surface area (TPSA) is 24.8 Å². The zero-order valence-corrected chi connectivity index (χ0v) is 13.2. The van der Waals surface area contributed by atoms with Crippen LogP contribution in [0.25, 0.3) is 0 Å². The number of benzene rings is 1. The Labute approximate surface area is 132 Å². The lowest BCUT2D eigenvalue weighted by atomic mass is 9.96. The molecule has 1 aliphatic carbocycles. The van der Waals surface area contributed by atoms with E-state index < -0.39 is 0 Å². The van der Waals surface area contributed by atoms with Crippen molar-refractivity contribution in [2.45, 2.75) is 38.1 Å². The van der Waals surface area contributed by atoms with Crippen molar-refractivity contribution in [3.8, 4) is 0 Å². The van der Waals surface area contributed by atoms with Crippen LogP contribution >= 0.6 is 11.6 Å². The van der Waals surface area contributed by atoms with Gasteiger partial charge in [-0.05, 0) is 37.1 Å². The van der Waals surface area contributed by atoms with E-state index in [0.29, 0.717) is 6.04 Å². The Hall–Kier alpha value is -1.06. The van der Waals surface area contributed by atoms with E-state index in [1.54, 1.807) is 0 Å². The summed E-state index contributed by atoms with van der Waals surface area (Å²) >= 11 is 6.02. The average Bonchev–Trinajstić information content (AvgIpc) is 2.55. The highest BCUT2D eigenvalue weighted by Gasteiger charge is 2.20. The molecule has 0 amide bonds. The lowest BCUT2D eigenvalue weighted by molar-refractivity contribution is 0.0680. The number of hydrogen-bond acceptors (Lipinski definition) is 2. The Morgan fingerprint density at radius 3 is 2.38 bits per heavy atom. The smallest absolute Gasteiger partial charge is 0.131 e. The van der Waals surface area contributed by atoms with E-state index in [1.165, 1.54) is 37.7 Å². The number of aliphatic imine (C=N–C) groups is 1. The van der Waals surface area contributed by atoms with Crippen LogP contribution in [0.4, 0.5) is 0 Å². The highest BCUT2D eigenvalue weighted by atomic mass is 35.5. The standard InChI is InChI=1S/C17H23ClN2O/c18-15-8-6-14(7-9-15)17(20-10-12-21-13-11-20)19-16-4-2-1-3-5-16/h6-9,16H,1-5,10-13H2. The quantitative estimate of drug-likeness (QED) is 0.614. The molecule has 0 N–H and O–H groups in total. The molecule has 1 saturated heterocycles. The number of rotatable bonds is 2. The molecule has 114 valence electrons. The summed E-state index contributed by atoms with van der Waals surface area (Å²) < 4.78 is 5.48. The van der Waals surface area contributed by atoms with Gasteiger partial charge in [-0.3, -0.25) is 4.99 Å². The second-order valence-electron chi connectivity index (χ2n) is 5.85. The summed E-state index contributed by atoms with van der Waals surface area (Å²) in [4.78, 5) is 7.47. The highest BCUT2D eigenvalue weighted by molar-refractivity contribution is 6.30. The first-order valence-corrected chi connectivity index (χ1v) is 8.37. The van der Waals surface area contributed by atoms with Crippen molar-refractivity contribution >= 4 is 17.4 Å². The van der Waals surface area contributed by atoms with Gasteiger partial charge in [-0.2, -0.15) is 0 Å². The van der Waals surface area contributed by atoms with E-state index in [4.69, 9.17) is 21.3 Å². The van der Waals surface area contributed by atoms with Crippen LogP contribution in [0.3, 0.4) is 0 Å². The molecule has 1 saturated carbocycles. The van der Waals surface area contributed by atoms with Crippen LogP contribution in [0.5, 0.6) is 0 Å². The maximum absolute atomic E-state index is 6.02. The molecule has 3 nitrogen and oxygen atoms in total. The number of nitrogens with zero attached hydrogens (tertiary/aromatic N) is 2. The molecule has 1 aliphatic heterocycles. The second-order valence-corrected chi connectivity index (χ2v) is 6.29. The molecule has 1 aromatic carbocycles. The summed E-state index contributed by atoms with van der Waals surface area (Å²) in [5, 5.41) is 0.776. The largest absolute Gasteiger partial charge is 0.378 e. The van der Waals surface area contributed by atoms with Gasteiger partial charge in [-0.1, -0.05) is 30.9 Å². The molecule has 3 rings (SSSR count). The molecule has 0 radical (unpaired) electrons. The molecule has 21 heavy (non-hydrogen) atoms. The molecule has 1 heterocycles.